The van der Waals surface area contributed by atoms with Gasteiger partial charge in [-0.3, -0.25) is 14.9 Å². The van der Waals surface area contributed by atoms with E-state index in [1.54, 1.807) is 0 Å². The lowest BCUT2D eigenvalue weighted by Gasteiger charge is -2.29. The van der Waals surface area contributed by atoms with Crippen LogP contribution in [0.25, 0.3) is 10.4 Å². The molecule has 0 saturated carbocycles. The third-order valence-corrected chi connectivity index (χ3v) is 2.88. The first-order valence-corrected chi connectivity index (χ1v) is 6.59. The smallest absolute Gasteiger partial charge is 0.330 e. The number of azide groups is 1. The van der Waals surface area contributed by atoms with E-state index in [-0.39, 0.29) is 18.8 Å². The lowest BCUT2D eigenvalue weighted by molar-refractivity contribution is -0.147. The van der Waals surface area contributed by atoms with Crippen molar-refractivity contribution in [3.8, 4) is 0 Å². The van der Waals surface area contributed by atoms with Crippen molar-refractivity contribution in [1.29, 1.82) is 0 Å². The molecule has 0 aliphatic heterocycles. The predicted octanol–water partition coefficient (Wildman–Crippen LogP) is 2.36. The molecule has 3 N–H and O–H groups in total. The van der Waals surface area contributed by atoms with Crippen LogP contribution in [-0.4, -0.2) is 33.9 Å². The quantitative estimate of drug-likeness (QED) is 0.322. The van der Waals surface area contributed by atoms with Crippen LogP contribution < -0.4 is 5.32 Å². The Labute approximate surface area is 117 Å². The molecule has 8 heteroatoms. The maximum atomic E-state index is 11.4. The van der Waals surface area contributed by atoms with Crippen molar-refractivity contribution in [3.05, 3.63) is 10.4 Å². The van der Waals surface area contributed by atoms with Crippen molar-refractivity contribution in [2.24, 2.45) is 11.0 Å². The zero-order valence-corrected chi connectivity index (χ0v) is 12.0. The topological polar surface area (TPSA) is 135 Å². The van der Waals surface area contributed by atoms with Crippen LogP contribution in [0.15, 0.2) is 5.11 Å². The summed E-state index contributed by atoms with van der Waals surface area (Å²) in [5.74, 6) is -2.46. The van der Waals surface area contributed by atoms with E-state index >= 15 is 0 Å². The van der Waals surface area contributed by atoms with E-state index in [0.29, 0.717) is 12.8 Å². The SMILES string of the molecule is CCCC[C@](N=[N+]=[N-])(N[C@@H](CC(C)C)C(=O)O)C(=O)O. The molecular formula is C12H22N4O4. The first kappa shape index (κ1) is 18.2. The molecule has 0 rings (SSSR count). The minimum absolute atomic E-state index is 0.0464. The highest BCUT2D eigenvalue weighted by molar-refractivity contribution is 5.80. The van der Waals surface area contributed by atoms with Crippen molar-refractivity contribution in [2.75, 3.05) is 0 Å². The minimum atomic E-state index is -1.91. The summed E-state index contributed by atoms with van der Waals surface area (Å²) < 4.78 is 0. The van der Waals surface area contributed by atoms with Crippen LogP contribution in [0.4, 0.5) is 0 Å². The maximum absolute atomic E-state index is 11.4. The van der Waals surface area contributed by atoms with E-state index in [0.717, 1.165) is 0 Å². The van der Waals surface area contributed by atoms with E-state index in [4.69, 9.17) is 5.53 Å². The summed E-state index contributed by atoms with van der Waals surface area (Å²) in [4.78, 5) is 25.2. The van der Waals surface area contributed by atoms with Crippen molar-refractivity contribution >= 4 is 11.9 Å². The van der Waals surface area contributed by atoms with Gasteiger partial charge in [0.2, 0.25) is 0 Å². The summed E-state index contributed by atoms with van der Waals surface area (Å²) in [6.07, 6.45) is 1.51. The Kier molecular flexibility index (Phi) is 7.64. The molecule has 20 heavy (non-hydrogen) atoms. The summed E-state index contributed by atoms with van der Waals surface area (Å²) in [7, 11) is 0. The van der Waals surface area contributed by atoms with Crippen LogP contribution in [-0.2, 0) is 9.59 Å². The lowest BCUT2D eigenvalue weighted by Crippen LogP contribution is -2.57. The zero-order valence-electron chi connectivity index (χ0n) is 12.0. The summed E-state index contributed by atoms with van der Waals surface area (Å²) in [6, 6.07) is -1.08. The predicted molar refractivity (Wildman–Crippen MR) is 73.1 cm³/mol. The van der Waals surface area contributed by atoms with E-state index < -0.39 is 23.6 Å². The van der Waals surface area contributed by atoms with Crippen LogP contribution in [0.2, 0.25) is 0 Å². The highest BCUT2D eigenvalue weighted by Crippen LogP contribution is 2.20. The van der Waals surface area contributed by atoms with Gasteiger partial charge in [-0.1, -0.05) is 38.7 Å². The Bertz CT molecular complexity index is 389. The number of rotatable bonds is 10. The van der Waals surface area contributed by atoms with Gasteiger partial charge in [-0.05, 0) is 24.3 Å². The summed E-state index contributed by atoms with van der Waals surface area (Å²) in [5.41, 5.74) is 6.68. The number of carbonyl (C=O) groups is 2. The number of hydrogen-bond acceptors (Lipinski definition) is 4. The molecule has 114 valence electrons. The fourth-order valence-electron chi connectivity index (χ4n) is 1.85. The third kappa shape index (κ3) is 5.46. The normalized spacial score (nSPS) is 15.2. The van der Waals surface area contributed by atoms with Gasteiger partial charge in [0.25, 0.3) is 0 Å². The molecule has 0 unspecified atom stereocenters. The van der Waals surface area contributed by atoms with Gasteiger partial charge in [-0.2, -0.15) is 0 Å². The summed E-state index contributed by atoms with van der Waals surface area (Å²) >= 11 is 0. The van der Waals surface area contributed by atoms with Gasteiger partial charge >= 0.3 is 11.9 Å². The summed E-state index contributed by atoms with van der Waals surface area (Å²) in [5, 5.41) is 24.3. The Morgan fingerprint density at radius 3 is 2.35 bits per heavy atom. The monoisotopic (exact) mass is 286 g/mol. The molecule has 0 bridgehead atoms. The van der Waals surface area contributed by atoms with Gasteiger partial charge in [0.15, 0.2) is 5.66 Å². The van der Waals surface area contributed by atoms with Crippen LogP contribution >= 0.6 is 0 Å². The average Bonchev–Trinajstić information content (AvgIpc) is 2.34. The number of aliphatic carboxylic acids is 2. The average molecular weight is 286 g/mol. The van der Waals surface area contributed by atoms with Crippen molar-refractivity contribution in [2.45, 2.75) is 58.2 Å². The molecule has 8 nitrogen and oxygen atoms in total. The fraction of sp³-hybridized carbons (Fsp3) is 0.833. The number of hydrogen-bond donors (Lipinski definition) is 3. The molecule has 0 spiro atoms. The molecule has 0 radical (unpaired) electrons. The van der Waals surface area contributed by atoms with E-state index in [2.05, 4.69) is 15.3 Å². The third-order valence-electron chi connectivity index (χ3n) is 2.88. The number of carboxylic acids is 2. The Balaban J connectivity index is 5.32. The van der Waals surface area contributed by atoms with Gasteiger partial charge in [-0.25, -0.2) is 0 Å². The molecule has 0 aliphatic carbocycles. The summed E-state index contributed by atoms with van der Waals surface area (Å²) in [6.45, 7) is 5.53. The molecule has 0 heterocycles. The largest absolute Gasteiger partial charge is 0.480 e. The number of nitrogens with one attached hydrogen (secondary N) is 1. The van der Waals surface area contributed by atoms with Gasteiger partial charge in [0.05, 0.1) is 0 Å². The van der Waals surface area contributed by atoms with Crippen molar-refractivity contribution in [3.63, 3.8) is 0 Å². The van der Waals surface area contributed by atoms with Crippen LogP contribution in [0.3, 0.4) is 0 Å². The minimum Gasteiger partial charge on any atom is -0.480 e. The van der Waals surface area contributed by atoms with Crippen LogP contribution in [0, 0.1) is 5.92 Å². The van der Waals surface area contributed by atoms with Gasteiger partial charge < -0.3 is 10.2 Å². The molecule has 0 aromatic carbocycles. The molecular weight excluding hydrogens is 264 g/mol. The fourth-order valence-corrected chi connectivity index (χ4v) is 1.85. The number of unbranched alkanes of at least 4 members (excludes halogenated alkanes) is 1. The first-order valence-electron chi connectivity index (χ1n) is 6.59. The van der Waals surface area contributed by atoms with E-state index in [1.165, 1.54) is 0 Å². The molecule has 0 aromatic heterocycles. The van der Waals surface area contributed by atoms with Gasteiger partial charge in [0, 0.05) is 4.91 Å². The van der Waals surface area contributed by atoms with E-state index in [9.17, 15) is 19.8 Å². The highest BCUT2D eigenvalue weighted by Gasteiger charge is 2.40. The Morgan fingerprint density at radius 2 is 2.00 bits per heavy atom. The second kappa shape index (κ2) is 8.39. The molecule has 0 aromatic rings. The molecule has 0 aliphatic rings. The van der Waals surface area contributed by atoms with Crippen molar-refractivity contribution < 1.29 is 19.8 Å². The van der Waals surface area contributed by atoms with E-state index in [1.807, 2.05) is 20.8 Å². The molecule has 0 saturated heterocycles. The zero-order chi connectivity index (χ0) is 15.8. The van der Waals surface area contributed by atoms with Crippen LogP contribution in [0.1, 0.15) is 46.5 Å². The second-order valence-electron chi connectivity index (χ2n) is 5.12. The lowest BCUT2D eigenvalue weighted by atomic mass is 9.98. The molecule has 2 atom stereocenters. The van der Waals surface area contributed by atoms with Crippen molar-refractivity contribution in [1.82, 2.24) is 5.32 Å². The Hall–Kier alpha value is -1.79. The standard InChI is InChI=1S/C12H22N4O4/c1-4-5-6-12(11(19)20,15-16-13)14-9(10(17)18)7-8(2)3/h8-9,14H,4-7H2,1-3H3,(H,17,18)(H,19,20)/t9-,12+/m0/s1. The highest BCUT2D eigenvalue weighted by atomic mass is 16.4. The van der Waals surface area contributed by atoms with Gasteiger partial charge in [0.1, 0.15) is 6.04 Å². The Morgan fingerprint density at radius 1 is 1.40 bits per heavy atom. The second-order valence-corrected chi connectivity index (χ2v) is 5.12. The van der Waals surface area contributed by atoms with Crippen LogP contribution in [0.5, 0.6) is 0 Å². The number of nitrogens with zero attached hydrogens (tertiary/aromatic N) is 3. The molecule has 0 amide bonds. The number of carboxylic acid groups (broad SMARTS) is 2. The molecule has 0 fully saturated rings. The first-order chi connectivity index (χ1) is 9.29. The maximum Gasteiger partial charge on any atom is 0.330 e. The van der Waals surface area contributed by atoms with Gasteiger partial charge in [-0.15, -0.1) is 0 Å².